The highest BCUT2D eigenvalue weighted by Crippen LogP contribution is 2.29. The van der Waals surface area contributed by atoms with E-state index in [2.05, 4.69) is 10.3 Å². The normalized spacial score (nSPS) is 12.4. The molecule has 3 amide bonds. The molecule has 0 fully saturated rings. The second-order valence-electron chi connectivity index (χ2n) is 10.5. The number of ether oxygens (including phenoxy) is 1. The number of hydrogen-bond acceptors (Lipinski definition) is 6. The van der Waals surface area contributed by atoms with Crippen LogP contribution < -0.4 is 10.9 Å². The fraction of sp³-hybridized carbons (Fsp3) is 0.414. The minimum absolute atomic E-state index is 0.00676. The average Bonchev–Trinajstić information content (AvgIpc) is 3.24. The number of hydrogen-bond donors (Lipinski definition) is 1. The van der Waals surface area contributed by atoms with Crippen LogP contribution in [0.5, 0.6) is 0 Å². The summed E-state index contributed by atoms with van der Waals surface area (Å²) in [6, 6.07) is 3.85. The van der Waals surface area contributed by atoms with E-state index >= 15 is 0 Å². The van der Waals surface area contributed by atoms with Crippen LogP contribution in [0.1, 0.15) is 30.5 Å². The zero-order valence-corrected chi connectivity index (χ0v) is 24.9. The number of fused-ring (bicyclic) bond motifs is 1. The zero-order valence-electron chi connectivity index (χ0n) is 24.9. The molecule has 0 aliphatic heterocycles. The first kappa shape index (κ1) is 33.8. The fourth-order valence-corrected chi connectivity index (χ4v) is 4.32. The summed E-state index contributed by atoms with van der Waals surface area (Å²) in [5.74, 6) is -2.11. The van der Waals surface area contributed by atoms with Crippen LogP contribution in [0.3, 0.4) is 0 Å². The van der Waals surface area contributed by atoms with Crippen molar-refractivity contribution >= 4 is 34.6 Å². The molecule has 15 heteroatoms. The van der Waals surface area contributed by atoms with Gasteiger partial charge in [-0.15, -0.1) is 0 Å². The van der Waals surface area contributed by atoms with E-state index in [0.29, 0.717) is 16.6 Å². The van der Waals surface area contributed by atoms with E-state index in [-0.39, 0.29) is 36.7 Å². The summed E-state index contributed by atoms with van der Waals surface area (Å²) in [5.41, 5.74) is 0.374. The lowest BCUT2D eigenvalue weighted by molar-refractivity contribution is -0.134. The molecule has 0 saturated heterocycles. The average molecular weight is 623 g/mol. The minimum atomic E-state index is -4.41. The number of rotatable bonds is 11. The quantitative estimate of drug-likeness (QED) is 0.257. The molecule has 0 bridgehead atoms. The number of nitrogens with zero attached hydrogens (tertiary/aromatic N) is 5. The van der Waals surface area contributed by atoms with Crippen molar-refractivity contribution in [3.63, 3.8) is 0 Å². The molecular formula is C29H34F4N6O5. The Balaban J connectivity index is 1.84. The molecule has 2 aromatic heterocycles. The van der Waals surface area contributed by atoms with Crippen molar-refractivity contribution < 1.29 is 36.7 Å². The maximum absolute atomic E-state index is 14.2. The number of alkyl halides is 3. The van der Waals surface area contributed by atoms with Crippen LogP contribution in [0.2, 0.25) is 0 Å². The van der Waals surface area contributed by atoms with Crippen molar-refractivity contribution in [3.8, 4) is 0 Å². The number of anilines is 1. The summed E-state index contributed by atoms with van der Waals surface area (Å²) < 4.78 is 60.9. The molecule has 0 radical (unpaired) electrons. The number of aromatic nitrogens is 3. The van der Waals surface area contributed by atoms with Gasteiger partial charge in [-0.3, -0.25) is 14.4 Å². The molecule has 11 nitrogen and oxygen atoms in total. The molecule has 3 aromatic rings. The highest BCUT2D eigenvalue weighted by atomic mass is 19.4. The number of halogens is 4. The van der Waals surface area contributed by atoms with E-state index in [4.69, 9.17) is 4.74 Å². The second-order valence-corrected chi connectivity index (χ2v) is 10.5. The lowest BCUT2D eigenvalue weighted by Gasteiger charge is -2.19. The van der Waals surface area contributed by atoms with E-state index in [1.54, 1.807) is 31.8 Å². The van der Waals surface area contributed by atoms with Gasteiger partial charge in [-0.25, -0.2) is 14.2 Å². The van der Waals surface area contributed by atoms with Crippen LogP contribution in [0.25, 0.3) is 10.9 Å². The first-order valence-corrected chi connectivity index (χ1v) is 13.5. The maximum Gasteiger partial charge on any atom is 0.410 e. The number of amides is 3. The summed E-state index contributed by atoms with van der Waals surface area (Å²) in [5, 5.41) is 2.77. The first-order valence-electron chi connectivity index (χ1n) is 13.5. The molecule has 2 heterocycles. The Hall–Kier alpha value is -4.69. The summed E-state index contributed by atoms with van der Waals surface area (Å²) in [6.45, 7) is -0.0700. The van der Waals surface area contributed by atoms with Gasteiger partial charge in [0.05, 0.1) is 12.1 Å². The molecule has 44 heavy (non-hydrogen) atoms. The maximum atomic E-state index is 14.2. The second kappa shape index (κ2) is 14.2. The number of carbonyl (C=O) groups excluding carboxylic acids is 3. The van der Waals surface area contributed by atoms with E-state index in [0.717, 1.165) is 11.0 Å². The number of aryl methyl sites for hydroxylation is 2. The molecule has 0 unspecified atom stereocenters. The highest BCUT2D eigenvalue weighted by molar-refractivity contribution is 5.94. The van der Waals surface area contributed by atoms with Crippen molar-refractivity contribution in [1.82, 2.24) is 23.9 Å². The molecule has 0 saturated carbocycles. The Kier molecular flexibility index (Phi) is 10.9. The van der Waals surface area contributed by atoms with Gasteiger partial charge in [0, 0.05) is 65.1 Å². The van der Waals surface area contributed by atoms with E-state index in [9.17, 15) is 36.7 Å². The van der Waals surface area contributed by atoms with E-state index in [1.165, 1.54) is 54.2 Å². The van der Waals surface area contributed by atoms with Gasteiger partial charge in [-0.1, -0.05) is 6.08 Å². The Labute approximate surface area is 250 Å². The van der Waals surface area contributed by atoms with Crippen molar-refractivity contribution in [3.05, 3.63) is 70.2 Å². The lowest BCUT2D eigenvalue weighted by Crippen LogP contribution is -2.38. The summed E-state index contributed by atoms with van der Waals surface area (Å²) >= 11 is 0. The zero-order chi connectivity index (χ0) is 32.8. The number of likely N-dealkylation sites (N-methyl/N-ethyl adjacent to an activating group) is 1. The Morgan fingerprint density at radius 3 is 2.45 bits per heavy atom. The molecular weight excluding hydrogens is 588 g/mol. The van der Waals surface area contributed by atoms with Crippen molar-refractivity contribution in [2.45, 2.75) is 44.5 Å². The van der Waals surface area contributed by atoms with Crippen LogP contribution in [-0.2, 0) is 34.3 Å². The van der Waals surface area contributed by atoms with Gasteiger partial charge in [0.25, 0.3) is 11.5 Å². The molecule has 0 spiro atoms. The van der Waals surface area contributed by atoms with Crippen LogP contribution in [0.4, 0.5) is 28.2 Å². The summed E-state index contributed by atoms with van der Waals surface area (Å²) in [4.78, 5) is 56.7. The predicted octanol–water partition coefficient (Wildman–Crippen LogP) is 3.85. The number of allylic oxidation sites excluding steroid dienone is 1. The van der Waals surface area contributed by atoms with Crippen molar-refractivity contribution in [1.29, 1.82) is 0 Å². The van der Waals surface area contributed by atoms with Crippen LogP contribution in [0.15, 0.2) is 47.5 Å². The van der Waals surface area contributed by atoms with Crippen molar-refractivity contribution in [2.24, 2.45) is 7.05 Å². The first-order chi connectivity index (χ1) is 20.6. The van der Waals surface area contributed by atoms with E-state index < -0.39 is 48.5 Å². The smallest absolute Gasteiger partial charge is 0.410 e. The molecule has 1 N–H and O–H groups in total. The summed E-state index contributed by atoms with van der Waals surface area (Å²) in [6.07, 6.45) is -2.36. The third kappa shape index (κ3) is 8.91. The minimum Gasteiger partial charge on any atom is -0.436 e. The van der Waals surface area contributed by atoms with Gasteiger partial charge in [0.2, 0.25) is 5.91 Å². The molecule has 0 aliphatic rings. The molecule has 1 aromatic carbocycles. The number of nitrogens with one attached hydrogen (secondary N) is 1. The van der Waals surface area contributed by atoms with Gasteiger partial charge in [-0.2, -0.15) is 13.2 Å². The molecule has 3 rings (SSSR count). The Morgan fingerprint density at radius 1 is 1.11 bits per heavy atom. The molecule has 238 valence electrons. The number of carbonyl (C=O) groups is 3. The Morgan fingerprint density at radius 2 is 1.82 bits per heavy atom. The van der Waals surface area contributed by atoms with Crippen LogP contribution >= 0.6 is 0 Å². The largest absolute Gasteiger partial charge is 0.436 e. The lowest BCUT2D eigenvalue weighted by atomic mass is 10.1. The standard InChI is InChI=1S/C29H34F4N6O5/c1-36(2)23(40)9-7-6-8-22(44-28(43)37(3)4)26(41)35-25-27(42)39(13-12-34-25)17-21-16-19-15-20(30)14-18(24(19)38(21)5)10-11-29(31,32)33/h7,9,12-16,22H,6,8,10-11,17H2,1-5H3,(H,34,35,41)/b9-7+/t22-/m0/s1. The topological polar surface area (TPSA) is 119 Å². The number of benzene rings is 1. The van der Waals surface area contributed by atoms with Crippen molar-refractivity contribution in [2.75, 3.05) is 33.5 Å². The SMILES string of the molecule is CN(C)C(=O)/C=C/CC[C@H](OC(=O)N(C)C)C(=O)Nc1nccn(Cc2cc3cc(F)cc(CCC(F)(F)F)c3n2C)c1=O. The third-order valence-corrected chi connectivity index (χ3v) is 6.63. The highest BCUT2D eigenvalue weighted by Gasteiger charge is 2.28. The van der Waals surface area contributed by atoms with Gasteiger partial charge in [-0.05, 0) is 49.1 Å². The monoisotopic (exact) mass is 622 g/mol. The third-order valence-electron chi connectivity index (χ3n) is 6.63. The predicted molar refractivity (Wildman–Crippen MR) is 155 cm³/mol. The summed E-state index contributed by atoms with van der Waals surface area (Å²) in [7, 11) is 7.64. The van der Waals surface area contributed by atoms with Crippen LogP contribution in [0, 0.1) is 5.82 Å². The van der Waals surface area contributed by atoms with E-state index in [1.807, 2.05) is 0 Å². The molecule has 0 aliphatic carbocycles. The Bertz CT molecular complexity index is 1610. The van der Waals surface area contributed by atoms with Gasteiger partial charge in [0.1, 0.15) is 5.82 Å². The molecule has 1 atom stereocenters. The van der Waals surface area contributed by atoms with Gasteiger partial charge >= 0.3 is 12.3 Å². The van der Waals surface area contributed by atoms with Gasteiger partial charge < -0.3 is 29.0 Å². The van der Waals surface area contributed by atoms with Gasteiger partial charge in [0.15, 0.2) is 11.9 Å². The van der Waals surface area contributed by atoms with Crippen LogP contribution in [-0.4, -0.2) is 82.3 Å². The fourth-order valence-electron chi connectivity index (χ4n) is 4.32.